The second-order valence-electron chi connectivity index (χ2n) is 15.6. The maximum atomic E-state index is 6.89. The average molecular weight is 743 g/mol. The van der Waals surface area contributed by atoms with Crippen LogP contribution in [0.2, 0.25) is 0 Å². The molecule has 2 unspecified atom stereocenters. The van der Waals surface area contributed by atoms with Gasteiger partial charge in [-0.3, -0.25) is 0 Å². The monoisotopic (exact) mass is 742 g/mol. The number of ether oxygens (including phenoxy) is 1. The Kier molecular flexibility index (Phi) is 6.53. The van der Waals surface area contributed by atoms with Crippen LogP contribution in [0.4, 0.5) is 0 Å². The highest BCUT2D eigenvalue weighted by Crippen LogP contribution is 2.51. The molecule has 1 aliphatic heterocycles. The number of allylic oxidation sites excluding steroid dienone is 2. The summed E-state index contributed by atoms with van der Waals surface area (Å²) >= 11 is 0. The van der Waals surface area contributed by atoms with Gasteiger partial charge in [-0.2, -0.15) is 0 Å². The molecule has 272 valence electrons. The predicted molar refractivity (Wildman–Crippen MR) is 239 cm³/mol. The van der Waals surface area contributed by atoms with Crippen LogP contribution in [0.1, 0.15) is 17.0 Å². The van der Waals surface area contributed by atoms with Crippen molar-refractivity contribution < 1.29 is 9.15 Å². The summed E-state index contributed by atoms with van der Waals surface area (Å²) in [6.07, 6.45) is 4.63. The molecule has 0 amide bonds. The van der Waals surface area contributed by atoms with E-state index in [1.54, 1.807) is 0 Å². The van der Waals surface area contributed by atoms with E-state index in [4.69, 9.17) is 9.15 Å². The third-order valence-electron chi connectivity index (χ3n) is 12.5. The van der Waals surface area contributed by atoms with E-state index < -0.39 is 0 Å². The third kappa shape index (κ3) is 4.45. The number of rotatable bonds is 4. The van der Waals surface area contributed by atoms with Crippen LogP contribution in [0.3, 0.4) is 0 Å². The Hall–Kier alpha value is -7.56. The van der Waals surface area contributed by atoms with Crippen LogP contribution in [0.5, 0.6) is 5.75 Å². The van der Waals surface area contributed by atoms with Crippen molar-refractivity contribution in [3.05, 3.63) is 205 Å². The van der Waals surface area contributed by atoms with Crippen molar-refractivity contribution in [3.8, 4) is 22.6 Å². The highest BCUT2D eigenvalue weighted by Gasteiger charge is 2.38. The first-order valence-corrected chi connectivity index (χ1v) is 20.0. The Balaban J connectivity index is 1.05. The molecule has 0 saturated heterocycles. The zero-order chi connectivity index (χ0) is 37.9. The van der Waals surface area contributed by atoms with Crippen LogP contribution in [0.15, 0.2) is 199 Å². The Morgan fingerprint density at radius 2 is 0.914 bits per heavy atom. The predicted octanol–water partition coefficient (Wildman–Crippen LogP) is 13.9. The Labute approximate surface area is 333 Å². The minimum atomic E-state index is -0.155. The molecule has 0 bridgehead atoms. The topological polar surface area (TPSA) is 32.2 Å². The first-order valence-electron chi connectivity index (χ1n) is 20.0. The minimum absolute atomic E-state index is 0.00661. The van der Waals surface area contributed by atoms with E-state index in [1.807, 2.05) is 0 Å². The maximum absolute atomic E-state index is 6.89. The van der Waals surface area contributed by atoms with Gasteiger partial charge in [0.2, 0.25) is 0 Å². The summed E-state index contributed by atoms with van der Waals surface area (Å²) < 4.78 is 18.5. The van der Waals surface area contributed by atoms with Gasteiger partial charge in [-0.1, -0.05) is 133 Å². The standard InChI is InChI=1S/C54H34N2O2/c1-3-15-33(16-4-1)39-30-51-43(28-49(39)55-45-23-11-7-19-35(45)36-20-8-12-24-46(36)55)41-27-42-44-29-50(56-47-25-13-9-21-37(47)38-22-10-14-26-48(38)56)40(34-17-5-2-6-18-34)31-52(44)58-54(42)32-53(41)57-51/h1-32,43,51H. The molecule has 8 aromatic carbocycles. The summed E-state index contributed by atoms with van der Waals surface area (Å²) in [6, 6.07) is 65.3. The van der Waals surface area contributed by atoms with Gasteiger partial charge in [0.25, 0.3) is 0 Å². The highest BCUT2D eigenvalue weighted by atomic mass is 16.5. The molecular formula is C54H34N2O2. The molecule has 0 saturated carbocycles. The van der Waals surface area contributed by atoms with Crippen molar-refractivity contribution in [2.45, 2.75) is 12.0 Å². The molecule has 11 aromatic rings. The molecule has 0 radical (unpaired) electrons. The SMILES string of the molecule is C1=C(c2ccccc2)C(n2c3ccccc3c3ccccc32)=CC2c3cc4c(cc3OC12)oc1cc(-c2ccccc2)c(-n2c3ccccc3c3ccccc32)cc14. The average Bonchev–Trinajstić information content (AvgIpc) is 4.02. The van der Waals surface area contributed by atoms with E-state index in [0.29, 0.717) is 0 Å². The van der Waals surface area contributed by atoms with E-state index in [1.165, 1.54) is 66.0 Å². The zero-order valence-electron chi connectivity index (χ0n) is 31.3. The van der Waals surface area contributed by atoms with Crippen molar-refractivity contribution in [2.75, 3.05) is 0 Å². The lowest BCUT2D eigenvalue weighted by Crippen LogP contribution is -2.20. The van der Waals surface area contributed by atoms with Crippen molar-refractivity contribution in [1.29, 1.82) is 0 Å². The Morgan fingerprint density at radius 3 is 1.52 bits per heavy atom. The summed E-state index contributed by atoms with van der Waals surface area (Å²) in [7, 11) is 0. The van der Waals surface area contributed by atoms with Crippen LogP contribution in [0.25, 0.3) is 93.6 Å². The summed E-state index contributed by atoms with van der Waals surface area (Å²) in [4.78, 5) is 0. The first-order chi connectivity index (χ1) is 28.8. The van der Waals surface area contributed by atoms with E-state index >= 15 is 0 Å². The summed E-state index contributed by atoms with van der Waals surface area (Å²) in [5.74, 6) is 0.878. The first kappa shape index (κ1) is 31.6. The molecule has 58 heavy (non-hydrogen) atoms. The van der Waals surface area contributed by atoms with Crippen molar-refractivity contribution >= 4 is 76.8 Å². The lowest BCUT2D eigenvalue weighted by Gasteiger charge is -2.26. The van der Waals surface area contributed by atoms with Gasteiger partial charge in [-0.05, 0) is 65.7 Å². The molecule has 3 aromatic heterocycles. The summed E-state index contributed by atoms with van der Waals surface area (Å²) in [5, 5.41) is 7.14. The van der Waals surface area contributed by atoms with Crippen molar-refractivity contribution in [3.63, 3.8) is 0 Å². The molecule has 13 rings (SSSR count). The number of hydrogen-bond donors (Lipinski definition) is 0. The van der Waals surface area contributed by atoms with Gasteiger partial charge in [-0.25, -0.2) is 0 Å². The van der Waals surface area contributed by atoms with Crippen LogP contribution in [0, 0.1) is 0 Å². The maximum Gasteiger partial charge on any atom is 0.139 e. The fourth-order valence-electron chi connectivity index (χ4n) is 9.90. The fourth-order valence-corrected chi connectivity index (χ4v) is 9.90. The summed E-state index contributed by atoms with van der Waals surface area (Å²) in [6.45, 7) is 0. The number of fused-ring (bicyclic) bond motifs is 12. The Morgan fingerprint density at radius 1 is 0.414 bits per heavy atom. The zero-order valence-corrected chi connectivity index (χ0v) is 31.3. The fraction of sp³-hybridized carbons (Fsp3) is 0.0370. The number of benzene rings is 8. The van der Waals surface area contributed by atoms with Gasteiger partial charge in [-0.15, -0.1) is 0 Å². The van der Waals surface area contributed by atoms with Gasteiger partial charge in [0, 0.05) is 61.0 Å². The molecule has 0 fully saturated rings. The third-order valence-corrected chi connectivity index (χ3v) is 12.5. The van der Waals surface area contributed by atoms with Crippen LogP contribution in [-0.4, -0.2) is 15.2 Å². The molecule has 4 nitrogen and oxygen atoms in total. The quantitative estimate of drug-likeness (QED) is 0.180. The van der Waals surface area contributed by atoms with E-state index in [-0.39, 0.29) is 12.0 Å². The van der Waals surface area contributed by atoms with Gasteiger partial charge in [0.05, 0.1) is 33.5 Å². The molecule has 4 heterocycles. The number of para-hydroxylation sites is 4. The molecule has 2 atom stereocenters. The number of aromatic nitrogens is 2. The highest BCUT2D eigenvalue weighted by molar-refractivity contribution is 6.15. The number of nitrogens with zero attached hydrogens (tertiary/aromatic N) is 2. The van der Waals surface area contributed by atoms with E-state index in [9.17, 15) is 0 Å². The molecule has 0 spiro atoms. The molecular weight excluding hydrogens is 709 g/mol. The van der Waals surface area contributed by atoms with Gasteiger partial charge in [0.1, 0.15) is 23.0 Å². The van der Waals surface area contributed by atoms with Gasteiger partial charge in [0.15, 0.2) is 0 Å². The second-order valence-corrected chi connectivity index (χ2v) is 15.6. The minimum Gasteiger partial charge on any atom is -0.485 e. The van der Waals surface area contributed by atoms with Crippen molar-refractivity contribution in [2.24, 2.45) is 0 Å². The molecule has 2 aliphatic rings. The molecule has 0 N–H and O–H groups in total. The second kappa shape index (κ2) is 12.0. The number of furan rings is 1. The number of hydrogen-bond acceptors (Lipinski definition) is 2. The summed E-state index contributed by atoms with van der Waals surface area (Å²) in [5.41, 5.74) is 14.5. The molecule has 4 heteroatoms. The van der Waals surface area contributed by atoms with Crippen LogP contribution >= 0.6 is 0 Å². The smallest absolute Gasteiger partial charge is 0.139 e. The largest absolute Gasteiger partial charge is 0.485 e. The lowest BCUT2D eigenvalue weighted by atomic mass is 9.85. The van der Waals surface area contributed by atoms with E-state index in [2.05, 4.69) is 203 Å². The van der Waals surface area contributed by atoms with Gasteiger partial charge < -0.3 is 18.3 Å². The normalized spacial score (nSPS) is 16.3. The molecule has 1 aliphatic carbocycles. The van der Waals surface area contributed by atoms with Crippen LogP contribution in [-0.2, 0) is 0 Å². The van der Waals surface area contributed by atoms with Crippen LogP contribution < -0.4 is 4.74 Å². The Bertz CT molecular complexity index is 3440. The van der Waals surface area contributed by atoms with Gasteiger partial charge >= 0.3 is 0 Å². The van der Waals surface area contributed by atoms with E-state index in [0.717, 1.165) is 44.5 Å². The lowest BCUT2D eigenvalue weighted by molar-refractivity contribution is 0.270. The van der Waals surface area contributed by atoms with Crippen molar-refractivity contribution in [1.82, 2.24) is 9.13 Å².